The molecular formula is C13H15ClN2O4. The summed E-state index contributed by atoms with van der Waals surface area (Å²) in [7, 11) is 0. The highest BCUT2D eigenvalue weighted by atomic mass is 35.5. The Morgan fingerprint density at radius 2 is 2.25 bits per heavy atom. The molecule has 1 heterocycles. The number of piperidine rings is 1. The molecule has 1 aromatic carbocycles. The number of carboxylic acid groups (broad SMARTS) is 1. The fraction of sp³-hybridized carbons (Fsp3) is 0.462. The minimum Gasteiger partial charge on any atom is -0.480 e. The molecule has 1 N–H and O–H groups in total. The molecule has 20 heavy (non-hydrogen) atoms. The number of nitrogens with zero attached hydrogens (tertiary/aromatic N) is 2. The van der Waals surface area contributed by atoms with Gasteiger partial charge in [0, 0.05) is 18.7 Å². The number of carboxylic acids is 1. The standard InChI is InChI=1S/C13H15ClN2O4/c14-11-7-10(16(19)20)5-4-9(11)8-15-6-2-1-3-12(15)13(17)18/h4-5,7,12H,1-3,6,8H2,(H,17,18). The minimum absolute atomic E-state index is 0.0628. The lowest BCUT2D eigenvalue weighted by molar-refractivity contribution is -0.384. The Morgan fingerprint density at radius 1 is 1.50 bits per heavy atom. The predicted molar refractivity (Wildman–Crippen MR) is 73.8 cm³/mol. The van der Waals surface area contributed by atoms with Crippen LogP contribution in [0.4, 0.5) is 5.69 Å². The molecule has 0 amide bonds. The Bertz CT molecular complexity index is 535. The van der Waals surface area contributed by atoms with Crippen LogP contribution in [0.25, 0.3) is 0 Å². The number of hydrogen-bond donors (Lipinski definition) is 1. The summed E-state index contributed by atoms with van der Waals surface area (Å²) in [6.07, 6.45) is 2.48. The van der Waals surface area contributed by atoms with Gasteiger partial charge in [-0.05, 0) is 31.0 Å². The number of nitro benzene ring substituents is 1. The second-order valence-electron chi connectivity index (χ2n) is 4.85. The zero-order chi connectivity index (χ0) is 14.7. The van der Waals surface area contributed by atoms with Gasteiger partial charge in [0.1, 0.15) is 6.04 Å². The fourth-order valence-corrected chi connectivity index (χ4v) is 2.69. The number of nitro groups is 1. The van der Waals surface area contributed by atoms with Gasteiger partial charge in [-0.3, -0.25) is 19.8 Å². The summed E-state index contributed by atoms with van der Waals surface area (Å²) < 4.78 is 0. The highest BCUT2D eigenvalue weighted by molar-refractivity contribution is 6.31. The van der Waals surface area contributed by atoms with E-state index in [1.807, 2.05) is 4.90 Å². The molecule has 1 saturated heterocycles. The zero-order valence-corrected chi connectivity index (χ0v) is 11.5. The Labute approximate surface area is 121 Å². The first-order valence-corrected chi connectivity index (χ1v) is 6.76. The summed E-state index contributed by atoms with van der Waals surface area (Å²) >= 11 is 6.04. The third kappa shape index (κ3) is 3.26. The molecular weight excluding hydrogens is 284 g/mol. The van der Waals surface area contributed by atoms with Crippen LogP contribution < -0.4 is 0 Å². The van der Waals surface area contributed by atoms with Crippen molar-refractivity contribution in [2.24, 2.45) is 0 Å². The Hall–Kier alpha value is -1.66. The van der Waals surface area contributed by atoms with Crippen LogP contribution >= 0.6 is 11.6 Å². The van der Waals surface area contributed by atoms with Crippen molar-refractivity contribution in [2.75, 3.05) is 6.54 Å². The molecule has 0 aromatic heterocycles. The maximum Gasteiger partial charge on any atom is 0.320 e. The van der Waals surface area contributed by atoms with Crippen LogP contribution in [-0.4, -0.2) is 33.5 Å². The number of halogens is 1. The lowest BCUT2D eigenvalue weighted by Gasteiger charge is -2.33. The second kappa shape index (κ2) is 6.19. The van der Waals surface area contributed by atoms with Crippen molar-refractivity contribution < 1.29 is 14.8 Å². The largest absolute Gasteiger partial charge is 0.480 e. The molecule has 6 nitrogen and oxygen atoms in total. The van der Waals surface area contributed by atoms with Crippen LogP contribution in [0.2, 0.25) is 5.02 Å². The summed E-state index contributed by atoms with van der Waals surface area (Å²) in [5, 5.41) is 20.2. The lowest BCUT2D eigenvalue weighted by atomic mass is 10.0. The van der Waals surface area contributed by atoms with Crippen LogP contribution in [0.1, 0.15) is 24.8 Å². The second-order valence-corrected chi connectivity index (χ2v) is 5.26. The normalized spacial score (nSPS) is 19.8. The van der Waals surface area contributed by atoms with Gasteiger partial charge in [0.25, 0.3) is 5.69 Å². The van der Waals surface area contributed by atoms with Gasteiger partial charge in [-0.15, -0.1) is 0 Å². The van der Waals surface area contributed by atoms with Crippen molar-refractivity contribution in [1.29, 1.82) is 0 Å². The molecule has 0 spiro atoms. The van der Waals surface area contributed by atoms with Crippen LogP contribution in [0.3, 0.4) is 0 Å². The van der Waals surface area contributed by atoms with Gasteiger partial charge in [-0.2, -0.15) is 0 Å². The molecule has 1 aromatic rings. The first kappa shape index (κ1) is 14.7. The van der Waals surface area contributed by atoms with Gasteiger partial charge in [-0.1, -0.05) is 18.0 Å². The van der Waals surface area contributed by atoms with Crippen LogP contribution in [0.5, 0.6) is 0 Å². The molecule has 2 rings (SSSR count). The number of carbonyl (C=O) groups is 1. The predicted octanol–water partition coefficient (Wildman–Crippen LogP) is 2.69. The third-order valence-electron chi connectivity index (χ3n) is 3.52. The van der Waals surface area contributed by atoms with Crippen LogP contribution in [0, 0.1) is 10.1 Å². The van der Waals surface area contributed by atoms with Gasteiger partial charge in [0.15, 0.2) is 0 Å². The van der Waals surface area contributed by atoms with E-state index in [9.17, 15) is 20.0 Å². The maximum atomic E-state index is 11.2. The lowest BCUT2D eigenvalue weighted by Crippen LogP contribution is -2.44. The van der Waals surface area contributed by atoms with E-state index < -0.39 is 16.9 Å². The van der Waals surface area contributed by atoms with Crippen molar-refractivity contribution in [3.8, 4) is 0 Å². The van der Waals surface area contributed by atoms with Crippen LogP contribution in [-0.2, 0) is 11.3 Å². The zero-order valence-electron chi connectivity index (χ0n) is 10.8. The molecule has 1 unspecified atom stereocenters. The number of hydrogen-bond acceptors (Lipinski definition) is 4. The molecule has 0 aliphatic carbocycles. The molecule has 1 fully saturated rings. The third-order valence-corrected chi connectivity index (χ3v) is 3.87. The average Bonchev–Trinajstić information content (AvgIpc) is 2.41. The van der Waals surface area contributed by atoms with E-state index in [4.69, 9.17) is 11.6 Å². The fourth-order valence-electron chi connectivity index (χ4n) is 2.46. The highest BCUT2D eigenvalue weighted by Crippen LogP contribution is 2.26. The molecule has 0 saturated carbocycles. The number of aliphatic carboxylic acids is 1. The van der Waals surface area contributed by atoms with Crippen molar-refractivity contribution >= 4 is 23.3 Å². The molecule has 1 atom stereocenters. The first-order chi connectivity index (χ1) is 9.49. The highest BCUT2D eigenvalue weighted by Gasteiger charge is 2.28. The Kier molecular flexibility index (Phi) is 4.57. The molecule has 0 bridgehead atoms. The maximum absolute atomic E-state index is 11.2. The van der Waals surface area contributed by atoms with E-state index >= 15 is 0 Å². The average molecular weight is 299 g/mol. The van der Waals surface area contributed by atoms with Crippen molar-refractivity contribution in [3.05, 3.63) is 38.9 Å². The Morgan fingerprint density at radius 3 is 2.85 bits per heavy atom. The summed E-state index contributed by atoms with van der Waals surface area (Å²) in [4.78, 5) is 23.2. The first-order valence-electron chi connectivity index (χ1n) is 6.38. The summed E-state index contributed by atoms with van der Waals surface area (Å²) in [5.74, 6) is -0.831. The smallest absolute Gasteiger partial charge is 0.320 e. The van der Waals surface area contributed by atoms with Crippen LogP contribution in [0.15, 0.2) is 18.2 Å². The molecule has 1 aliphatic heterocycles. The van der Waals surface area contributed by atoms with E-state index in [0.29, 0.717) is 30.1 Å². The van der Waals surface area contributed by atoms with Gasteiger partial charge in [0.05, 0.1) is 9.95 Å². The van der Waals surface area contributed by atoms with E-state index in [-0.39, 0.29) is 5.69 Å². The van der Waals surface area contributed by atoms with Gasteiger partial charge in [0.2, 0.25) is 0 Å². The number of rotatable bonds is 4. The SMILES string of the molecule is O=C(O)C1CCCCN1Cc1ccc([N+](=O)[O-])cc1Cl. The number of benzene rings is 1. The Balaban J connectivity index is 2.16. The topological polar surface area (TPSA) is 83.7 Å². The van der Waals surface area contributed by atoms with Crippen molar-refractivity contribution in [2.45, 2.75) is 31.8 Å². The number of likely N-dealkylation sites (tertiary alicyclic amines) is 1. The summed E-state index contributed by atoms with van der Waals surface area (Å²) in [6.45, 7) is 1.10. The van der Waals surface area contributed by atoms with Crippen molar-refractivity contribution in [1.82, 2.24) is 4.90 Å². The van der Waals surface area contributed by atoms with E-state index in [1.165, 1.54) is 12.1 Å². The molecule has 1 aliphatic rings. The van der Waals surface area contributed by atoms with E-state index in [0.717, 1.165) is 12.8 Å². The monoisotopic (exact) mass is 298 g/mol. The van der Waals surface area contributed by atoms with Crippen molar-refractivity contribution in [3.63, 3.8) is 0 Å². The summed E-state index contributed by atoms with van der Waals surface area (Å²) in [6, 6.07) is 3.78. The quantitative estimate of drug-likeness (QED) is 0.682. The van der Waals surface area contributed by atoms with Gasteiger partial charge >= 0.3 is 5.97 Å². The van der Waals surface area contributed by atoms with E-state index in [2.05, 4.69) is 0 Å². The molecule has 7 heteroatoms. The number of non-ortho nitro benzene ring substituents is 1. The van der Waals surface area contributed by atoms with E-state index in [1.54, 1.807) is 6.07 Å². The molecule has 0 radical (unpaired) electrons. The summed E-state index contributed by atoms with van der Waals surface area (Å²) in [5.41, 5.74) is 0.651. The van der Waals surface area contributed by atoms with Gasteiger partial charge in [-0.25, -0.2) is 0 Å². The van der Waals surface area contributed by atoms with Gasteiger partial charge < -0.3 is 5.11 Å². The molecule has 108 valence electrons. The minimum atomic E-state index is -0.831.